The fraction of sp³-hybridized carbons (Fsp3) is 0.182. The molecule has 27 heavy (non-hydrogen) atoms. The number of aromatic nitrogens is 2. The summed E-state index contributed by atoms with van der Waals surface area (Å²) in [5.41, 5.74) is 5.65. The third-order valence-corrected chi connectivity index (χ3v) is 6.40. The lowest BCUT2D eigenvalue weighted by atomic mass is 9.99. The minimum absolute atomic E-state index is 0.0116. The SMILES string of the molecule is Cc1ccc(-c2c(C)sc3ncn(Cc4cccc(Br)c4)c(=O)c23)cc1C. The Morgan fingerprint density at radius 2 is 1.89 bits per heavy atom. The number of hydrogen-bond donors (Lipinski definition) is 0. The molecular formula is C22H19BrN2OS. The minimum atomic E-state index is 0.0116. The Morgan fingerprint density at radius 1 is 1.07 bits per heavy atom. The second kappa shape index (κ2) is 7.06. The molecular weight excluding hydrogens is 420 g/mol. The fourth-order valence-electron chi connectivity index (χ4n) is 3.33. The Kier molecular flexibility index (Phi) is 4.74. The molecule has 3 nitrogen and oxygen atoms in total. The number of halogens is 1. The van der Waals surface area contributed by atoms with E-state index in [1.165, 1.54) is 11.1 Å². The number of nitrogens with zero attached hydrogens (tertiary/aromatic N) is 2. The largest absolute Gasteiger partial charge is 0.294 e. The van der Waals surface area contributed by atoms with Gasteiger partial charge in [0.05, 0.1) is 18.3 Å². The highest BCUT2D eigenvalue weighted by Gasteiger charge is 2.17. The Bertz CT molecular complexity index is 1220. The van der Waals surface area contributed by atoms with Crippen LogP contribution in [-0.2, 0) is 6.54 Å². The summed E-state index contributed by atoms with van der Waals surface area (Å²) in [6, 6.07) is 14.4. The molecule has 0 spiro atoms. The molecule has 0 atom stereocenters. The number of fused-ring (bicyclic) bond motifs is 1. The summed E-state index contributed by atoms with van der Waals surface area (Å²) in [5.74, 6) is 0. The third-order valence-electron chi connectivity index (χ3n) is 4.89. The Hall–Kier alpha value is -2.24. The van der Waals surface area contributed by atoms with Crippen LogP contribution < -0.4 is 5.56 Å². The van der Waals surface area contributed by atoms with Crippen LogP contribution >= 0.6 is 27.3 Å². The van der Waals surface area contributed by atoms with Crippen molar-refractivity contribution in [3.8, 4) is 11.1 Å². The van der Waals surface area contributed by atoms with Crippen LogP contribution in [0.25, 0.3) is 21.3 Å². The summed E-state index contributed by atoms with van der Waals surface area (Å²) < 4.78 is 2.70. The molecule has 0 unspecified atom stereocenters. The van der Waals surface area contributed by atoms with Gasteiger partial charge in [0, 0.05) is 14.9 Å². The minimum Gasteiger partial charge on any atom is -0.294 e. The van der Waals surface area contributed by atoms with Crippen LogP contribution in [0.4, 0.5) is 0 Å². The van der Waals surface area contributed by atoms with Crippen molar-refractivity contribution in [2.45, 2.75) is 27.3 Å². The van der Waals surface area contributed by atoms with Crippen LogP contribution in [-0.4, -0.2) is 9.55 Å². The zero-order valence-electron chi connectivity index (χ0n) is 15.4. The number of thiophene rings is 1. The standard InChI is InChI=1S/C22H19BrN2OS/c1-13-7-8-17(9-14(13)2)19-15(3)27-21-20(19)22(26)25(12-24-21)11-16-5-4-6-18(23)10-16/h4-10,12H,11H2,1-3H3. The maximum atomic E-state index is 13.3. The normalized spacial score (nSPS) is 11.3. The lowest BCUT2D eigenvalue weighted by Crippen LogP contribution is -2.21. The van der Waals surface area contributed by atoms with E-state index in [0.29, 0.717) is 6.54 Å². The predicted octanol–water partition coefficient (Wildman–Crippen LogP) is 5.86. The maximum absolute atomic E-state index is 13.3. The predicted molar refractivity (Wildman–Crippen MR) is 117 cm³/mol. The van der Waals surface area contributed by atoms with Crippen LogP contribution in [0, 0.1) is 20.8 Å². The summed E-state index contributed by atoms with van der Waals surface area (Å²) in [6.07, 6.45) is 1.66. The second-order valence-corrected chi connectivity index (χ2v) is 8.94. The van der Waals surface area contributed by atoms with Gasteiger partial charge in [-0.25, -0.2) is 4.98 Å². The van der Waals surface area contributed by atoms with E-state index in [2.05, 4.69) is 59.9 Å². The van der Waals surface area contributed by atoms with Gasteiger partial charge in [-0.3, -0.25) is 9.36 Å². The number of aryl methyl sites for hydroxylation is 3. The molecule has 136 valence electrons. The average molecular weight is 439 g/mol. The smallest absolute Gasteiger partial charge is 0.263 e. The Morgan fingerprint density at radius 3 is 2.63 bits per heavy atom. The highest BCUT2D eigenvalue weighted by Crippen LogP contribution is 2.36. The molecule has 0 amide bonds. The van der Waals surface area contributed by atoms with E-state index in [4.69, 9.17) is 0 Å². The Labute approximate surface area is 170 Å². The molecule has 2 heterocycles. The molecule has 2 aromatic heterocycles. The van der Waals surface area contributed by atoms with Gasteiger partial charge in [0.25, 0.3) is 5.56 Å². The van der Waals surface area contributed by atoms with Gasteiger partial charge in [-0.05, 0) is 55.2 Å². The molecule has 0 N–H and O–H groups in total. The van der Waals surface area contributed by atoms with Crippen LogP contribution in [0.5, 0.6) is 0 Å². The van der Waals surface area contributed by atoms with Gasteiger partial charge < -0.3 is 0 Å². The van der Waals surface area contributed by atoms with Crippen molar-refractivity contribution in [2.75, 3.05) is 0 Å². The molecule has 4 aromatic rings. The van der Waals surface area contributed by atoms with Gasteiger partial charge in [-0.15, -0.1) is 11.3 Å². The molecule has 5 heteroatoms. The van der Waals surface area contributed by atoms with Crippen molar-refractivity contribution in [2.24, 2.45) is 0 Å². The van der Waals surface area contributed by atoms with Crippen LogP contribution in [0.15, 0.2) is 58.1 Å². The van der Waals surface area contributed by atoms with Gasteiger partial charge in [-0.2, -0.15) is 0 Å². The van der Waals surface area contributed by atoms with Gasteiger partial charge in [0.1, 0.15) is 4.83 Å². The molecule has 0 aliphatic carbocycles. The third kappa shape index (κ3) is 3.37. The van der Waals surface area contributed by atoms with E-state index in [9.17, 15) is 4.79 Å². The summed E-state index contributed by atoms with van der Waals surface area (Å²) in [5, 5.41) is 0.721. The Balaban J connectivity index is 1.89. The highest BCUT2D eigenvalue weighted by atomic mass is 79.9. The highest BCUT2D eigenvalue weighted by molar-refractivity contribution is 9.10. The van der Waals surface area contributed by atoms with Gasteiger partial charge in [0.2, 0.25) is 0 Å². The quantitative estimate of drug-likeness (QED) is 0.401. The first-order chi connectivity index (χ1) is 12.9. The zero-order valence-corrected chi connectivity index (χ0v) is 17.8. The van der Waals surface area contributed by atoms with Gasteiger partial charge >= 0.3 is 0 Å². The lowest BCUT2D eigenvalue weighted by Gasteiger charge is -2.08. The van der Waals surface area contributed by atoms with Crippen LogP contribution in [0.1, 0.15) is 21.6 Å². The first-order valence-electron chi connectivity index (χ1n) is 8.74. The summed E-state index contributed by atoms with van der Waals surface area (Å²) in [7, 11) is 0. The molecule has 0 aliphatic heterocycles. The van der Waals surface area contributed by atoms with E-state index >= 15 is 0 Å². The molecule has 2 aromatic carbocycles. The van der Waals surface area contributed by atoms with Crippen molar-refractivity contribution < 1.29 is 0 Å². The monoisotopic (exact) mass is 438 g/mol. The van der Waals surface area contributed by atoms with Gasteiger partial charge in [0.15, 0.2) is 0 Å². The van der Waals surface area contributed by atoms with Crippen molar-refractivity contribution >= 4 is 37.5 Å². The van der Waals surface area contributed by atoms with Gasteiger partial charge in [-0.1, -0.05) is 46.3 Å². The average Bonchev–Trinajstić information content (AvgIpc) is 2.97. The molecule has 0 saturated heterocycles. The van der Waals surface area contributed by atoms with E-state index in [1.54, 1.807) is 22.2 Å². The molecule has 0 saturated carbocycles. The summed E-state index contributed by atoms with van der Waals surface area (Å²) in [6.45, 7) is 6.77. The zero-order chi connectivity index (χ0) is 19.1. The van der Waals surface area contributed by atoms with Crippen molar-refractivity contribution in [1.29, 1.82) is 0 Å². The summed E-state index contributed by atoms with van der Waals surface area (Å²) >= 11 is 5.07. The first kappa shape index (κ1) is 18.1. The van der Waals surface area contributed by atoms with Crippen LogP contribution in [0.2, 0.25) is 0 Å². The number of hydrogen-bond acceptors (Lipinski definition) is 3. The fourth-order valence-corrected chi connectivity index (χ4v) is 4.78. The van der Waals surface area contributed by atoms with Crippen LogP contribution in [0.3, 0.4) is 0 Å². The van der Waals surface area contributed by atoms with E-state index in [1.807, 2.05) is 24.3 Å². The lowest BCUT2D eigenvalue weighted by molar-refractivity contribution is 0.749. The number of rotatable bonds is 3. The van der Waals surface area contributed by atoms with Crippen molar-refractivity contribution in [3.05, 3.63) is 85.2 Å². The summed E-state index contributed by atoms with van der Waals surface area (Å²) in [4.78, 5) is 19.8. The van der Waals surface area contributed by atoms with E-state index in [-0.39, 0.29) is 5.56 Å². The second-order valence-electron chi connectivity index (χ2n) is 6.82. The number of benzene rings is 2. The molecule has 0 fully saturated rings. The molecule has 0 aliphatic rings. The van der Waals surface area contributed by atoms with E-state index in [0.717, 1.165) is 36.3 Å². The topological polar surface area (TPSA) is 34.9 Å². The maximum Gasteiger partial charge on any atom is 0.263 e. The molecule has 0 radical (unpaired) electrons. The first-order valence-corrected chi connectivity index (χ1v) is 10.4. The molecule has 0 bridgehead atoms. The molecule has 4 rings (SSSR count). The van der Waals surface area contributed by atoms with Crippen molar-refractivity contribution in [3.63, 3.8) is 0 Å². The van der Waals surface area contributed by atoms with E-state index < -0.39 is 0 Å². The van der Waals surface area contributed by atoms with Crippen molar-refractivity contribution in [1.82, 2.24) is 9.55 Å².